The molecule has 12 nitrogen and oxygen atoms in total. The van der Waals surface area contributed by atoms with Crippen LogP contribution < -0.4 is 11.4 Å². The minimum Gasteiger partial charge on any atom is -0.463 e. The fraction of sp³-hybridized carbons (Fsp3) is 0.391. The summed E-state index contributed by atoms with van der Waals surface area (Å²) in [6, 6.07) is 5.89. The Hall–Kier alpha value is -3.55. The van der Waals surface area contributed by atoms with Crippen LogP contribution in [-0.4, -0.2) is 54.8 Å². The van der Waals surface area contributed by atoms with E-state index in [1.54, 1.807) is 25.1 Å². The first-order valence-electron chi connectivity index (χ1n) is 10.9. The zero-order valence-electron chi connectivity index (χ0n) is 19.9. The van der Waals surface area contributed by atoms with Crippen molar-refractivity contribution < 1.29 is 36.4 Å². The molecule has 0 spiro atoms. The van der Waals surface area contributed by atoms with Crippen molar-refractivity contribution in [3.8, 4) is 0 Å². The maximum Gasteiger partial charge on any atom is 0.351 e. The Bertz CT molecular complexity index is 1310. The second-order valence-corrected chi connectivity index (χ2v) is 9.68. The van der Waals surface area contributed by atoms with Crippen LogP contribution in [0.1, 0.15) is 31.2 Å². The third-order valence-corrected chi connectivity index (χ3v) is 6.61. The van der Waals surface area contributed by atoms with Crippen molar-refractivity contribution in [1.82, 2.24) is 9.55 Å². The normalized spacial score (nSPS) is 21.6. The third-order valence-electron chi connectivity index (χ3n) is 5.29. The molecule has 0 unspecified atom stereocenters. The molecule has 2 aromatic rings. The molecule has 1 fully saturated rings. The van der Waals surface area contributed by atoms with Crippen LogP contribution in [0.3, 0.4) is 0 Å². The Morgan fingerprint density at radius 3 is 2.44 bits per heavy atom. The fourth-order valence-electron chi connectivity index (χ4n) is 3.62. The summed E-state index contributed by atoms with van der Waals surface area (Å²) in [6.07, 6.45) is -2.33. The van der Waals surface area contributed by atoms with Crippen LogP contribution >= 0.6 is 0 Å². The van der Waals surface area contributed by atoms with Gasteiger partial charge in [-0.25, -0.2) is 4.79 Å². The molecule has 0 radical (unpaired) electrons. The number of esters is 2. The van der Waals surface area contributed by atoms with E-state index in [1.807, 2.05) is 0 Å². The van der Waals surface area contributed by atoms with Crippen molar-refractivity contribution >= 4 is 27.9 Å². The van der Waals surface area contributed by atoms with Crippen LogP contribution in [0, 0.1) is 6.92 Å². The summed E-state index contributed by atoms with van der Waals surface area (Å²) >= 11 is 0. The van der Waals surface area contributed by atoms with E-state index in [0.29, 0.717) is 5.56 Å². The van der Waals surface area contributed by atoms with Crippen molar-refractivity contribution in [3.05, 3.63) is 64.7 Å². The predicted molar refractivity (Wildman–Crippen MR) is 126 cm³/mol. The minimum atomic E-state index is -4.39. The number of ether oxygens (including phenoxy) is 3. The number of carbonyl (C=O) groups is 2. The minimum absolute atomic E-state index is 0.0237. The number of anilines is 1. The van der Waals surface area contributed by atoms with Crippen LogP contribution in [0.15, 0.2) is 52.8 Å². The van der Waals surface area contributed by atoms with Crippen molar-refractivity contribution in [2.24, 2.45) is 0 Å². The van der Waals surface area contributed by atoms with E-state index in [0.717, 1.165) is 24.0 Å². The van der Waals surface area contributed by atoms with Crippen LogP contribution in [-0.2, 0) is 44.5 Å². The van der Waals surface area contributed by atoms with Crippen molar-refractivity contribution in [2.45, 2.75) is 56.6 Å². The van der Waals surface area contributed by atoms with Gasteiger partial charge in [0.25, 0.3) is 10.1 Å². The zero-order valence-corrected chi connectivity index (χ0v) is 20.8. The van der Waals surface area contributed by atoms with Gasteiger partial charge >= 0.3 is 17.6 Å². The molecule has 0 amide bonds. The molecule has 0 saturated carbocycles. The van der Waals surface area contributed by atoms with Crippen molar-refractivity contribution in [1.29, 1.82) is 0 Å². The van der Waals surface area contributed by atoms with E-state index in [9.17, 15) is 22.8 Å². The Labute approximate surface area is 207 Å². The topological polar surface area (TPSA) is 166 Å². The van der Waals surface area contributed by atoms with E-state index in [-0.39, 0.29) is 17.1 Å². The smallest absolute Gasteiger partial charge is 0.351 e. The van der Waals surface area contributed by atoms with Gasteiger partial charge in [-0.2, -0.15) is 13.4 Å². The number of hydrogen-bond donors (Lipinski definition) is 1. The molecule has 1 saturated heterocycles. The number of nitrogens with zero attached hydrogens (tertiary/aromatic N) is 2. The Kier molecular flexibility index (Phi) is 8.28. The van der Waals surface area contributed by atoms with Gasteiger partial charge in [-0.15, -0.1) is 6.58 Å². The van der Waals surface area contributed by atoms with Gasteiger partial charge in [-0.05, 0) is 25.5 Å². The summed E-state index contributed by atoms with van der Waals surface area (Å²) in [4.78, 5) is 39.8. The molecule has 0 aliphatic carbocycles. The van der Waals surface area contributed by atoms with E-state index in [1.165, 1.54) is 18.3 Å². The molecule has 1 aromatic carbocycles. The molecule has 2 N–H and O–H groups in total. The first kappa shape index (κ1) is 27.0. The summed E-state index contributed by atoms with van der Waals surface area (Å²) in [6.45, 7) is 7.25. The van der Waals surface area contributed by atoms with Crippen molar-refractivity contribution in [2.75, 3.05) is 12.3 Å². The highest BCUT2D eigenvalue weighted by atomic mass is 32.2. The molecule has 1 aromatic heterocycles. The maximum absolute atomic E-state index is 13.1. The fourth-order valence-corrected chi connectivity index (χ4v) is 4.73. The number of hydrogen-bond acceptors (Lipinski definition) is 11. The van der Waals surface area contributed by atoms with Gasteiger partial charge in [0.05, 0.1) is 4.90 Å². The molecule has 13 heteroatoms. The number of aryl methyl sites for hydroxylation is 1. The predicted octanol–water partition coefficient (Wildman–Crippen LogP) is 1.03. The molecule has 36 heavy (non-hydrogen) atoms. The molecule has 194 valence electrons. The number of rotatable bonds is 9. The summed E-state index contributed by atoms with van der Waals surface area (Å²) in [5, 5.41) is 0. The van der Waals surface area contributed by atoms with Crippen LogP contribution in [0.2, 0.25) is 0 Å². The summed E-state index contributed by atoms with van der Waals surface area (Å²) in [5.41, 5.74) is 6.25. The Morgan fingerprint density at radius 1 is 1.19 bits per heavy atom. The average Bonchev–Trinajstić information content (AvgIpc) is 3.10. The molecule has 3 rings (SSSR count). The first-order chi connectivity index (χ1) is 16.9. The van der Waals surface area contributed by atoms with E-state index < -0.39 is 58.9 Å². The molecule has 0 bridgehead atoms. The van der Waals surface area contributed by atoms with Crippen LogP contribution in [0.5, 0.6) is 0 Å². The number of nitrogen functional groups attached to an aromatic ring is 1. The molecule has 4 atom stereocenters. The van der Waals surface area contributed by atoms with Crippen molar-refractivity contribution in [3.63, 3.8) is 0 Å². The monoisotopic (exact) mass is 521 g/mol. The number of nitrogens with two attached hydrogens (primary N) is 1. The summed E-state index contributed by atoms with van der Waals surface area (Å²) in [5.74, 6) is -1.47. The largest absolute Gasteiger partial charge is 0.463 e. The van der Waals surface area contributed by atoms with E-state index in [4.69, 9.17) is 24.1 Å². The Morgan fingerprint density at radius 2 is 1.86 bits per heavy atom. The lowest BCUT2D eigenvalue weighted by molar-refractivity contribution is -0.155. The average molecular weight is 522 g/mol. The van der Waals surface area contributed by atoms with Gasteiger partial charge in [0, 0.05) is 25.6 Å². The standard InChI is InChI=1S/C23H27N3O9S/c1-5-6-16-11-26(23(29)25-21(16)24)22-20(33-15(4)28)19(18(34-22)12-32-14(3)27)35-36(30,31)17-9-7-13(2)8-10-17/h5,7-11,18-20,22H,1,6,12H2,2-4H3,(H2,24,25,29)/t18-,19+,20-,22-/m1/s1. The highest BCUT2D eigenvalue weighted by molar-refractivity contribution is 7.86. The Balaban J connectivity index is 2.07. The lowest BCUT2D eigenvalue weighted by Crippen LogP contribution is -2.42. The van der Waals surface area contributed by atoms with Gasteiger partial charge < -0.3 is 19.9 Å². The lowest BCUT2D eigenvalue weighted by atomic mass is 10.1. The summed E-state index contributed by atoms with van der Waals surface area (Å²) < 4.78 is 48.9. The van der Waals surface area contributed by atoms with E-state index >= 15 is 0 Å². The highest BCUT2D eigenvalue weighted by Gasteiger charge is 2.51. The number of aromatic nitrogens is 2. The lowest BCUT2D eigenvalue weighted by Gasteiger charge is -2.24. The second kappa shape index (κ2) is 11.0. The van der Waals surface area contributed by atoms with Gasteiger partial charge in [-0.1, -0.05) is 23.8 Å². The molecular formula is C23H27N3O9S. The van der Waals surface area contributed by atoms with Crippen LogP contribution in [0.4, 0.5) is 5.82 Å². The zero-order chi connectivity index (χ0) is 26.6. The van der Waals surface area contributed by atoms with E-state index in [2.05, 4.69) is 11.6 Å². The SMILES string of the molecule is C=CCc1cn([C@@H]2O[C@H](COC(C)=O)[C@H](OS(=O)(=O)c3ccc(C)cc3)[C@H]2OC(C)=O)c(=O)nc1N. The molecule has 1 aliphatic rings. The highest BCUT2D eigenvalue weighted by Crippen LogP contribution is 2.35. The second-order valence-electron chi connectivity index (χ2n) is 8.10. The number of benzene rings is 1. The maximum atomic E-state index is 13.1. The summed E-state index contributed by atoms with van der Waals surface area (Å²) in [7, 11) is -4.39. The van der Waals surface area contributed by atoms with Gasteiger partial charge in [-0.3, -0.25) is 18.3 Å². The molecule has 1 aliphatic heterocycles. The van der Waals surface area contributed by atoms with Gasteiger partial charge in [0.1, 0.15) is 24.6 Å². The third kappa shape index (κ3) is 6.17. The number of carbonyl (C=O) groups excluding carboxylic acids is 2. The van der Waals surface area contributed by atoms with Crippen LogP contribution in [0.25, 0.3) is 0 Å². The number of allylic oxidation sites excluding steroid dienone is 1. The molecule has 2 heterocycles. The van der Waals surface area contributed by atoms with Gasteiger partial charge in [0.15, 0.2) is 12.3 Å². The van der Waals surface area contributed by atoms with Gasteiger partial charge in [0.2, 0.25) is 0 Å². The molecular weight excluding hydrogens is 494 g/mol. The quantitative estimate of drug-likeness (QED) is 0.284. The first-order valence-corrected chi connectivity index (χ1v) is 12.3.